The van der Waals surface area contributed by atoms with Crippen LogP contribution in [0.2, 0.25) is 0 Å². The molecule has 4 rings (SSSR count). The van der Waals surface area contributed by atoms with Crippen LogP contribution >= 0.6 is 22.6 Å². The molecule has 0 unspecified atom stereocenters. The molecule has 0 saturated heterocycles. The summed E-state index contributed by atoms with van der Waals surface area (Å²) in [4.78, 5) is 3.64. The molecule has 0 fully saturated rings. The molecule has 0 amide bonds. The van der Waals surface area contributed by atoms with Crippen molar-refractivity contribution in [1.29, 1.82) is 0 Å². The first-order valence-corrected chi connectivity index (χ1v) is 8.99. The van der Waals surface area contributed by atoms with E-state index in [0.717, 1.165) is 11.4 Å². The van der Waals surface area contributed by atoms with E-state index in [0.29, 0.717) is 0 Å². The fourth-order valence-electron chi connectivity index (χ4n) is 2.94. The normalized spacial score (nSPS) is 10.7. The van der Waals surface area contributed by atoms with Crippen molar-refractivity contribution in [1.82, 2.24) is 4.98 Å². The van der Waals surface area contributed by atoms with Gasteiger partial charge >= 0.3 is 0 Å². The lowest BCUT2D eigenvalue weighted by atomic mass is 10.0. The summed E-state index contributed by atoms with van der Waals surface area (Å²) in [6.07, 6.45) is 0. The Morgan fingerprint density at radius 3 is 1.88 bits per heavy atom. The van der Waals surface area contributed by atoms with Crippen LogP contribution in [0, 0.1) is 3.57 Å². The largest absolute Gasteiger partial charge is 0.354 e. The Kier molecular flexibility index (Phi) is 4.22. The second-order valence-electron chi connectivity index (χ2n) is 5.71. The molecule has 3 aromatic carbocycles. The highest BCUT2D eigenvalue weighted by Crippen LogP contribution is 2.35. The zero-order valence-electron chi connectivity index (χ0n) is 13.0. The third-order valence-corrected chi connectivity index (χ3v) is 4.77. The number of nitrogens with one attached hydrogen (secondary N) is 1. The zero-order valence-corrected chi connectivity index (χ0v) is 15.2. The standard InChI is InChI=1S/C22H16IN/c23-19-13-7-12-18(14-19)21-15-20(16-8-3-1-4-9-16)22(24-21)17-10-5-2-6-11-17/h1-15,24H. The van der Waals surface area contributed by atoms with Crippen molar-refractivity contribution in [2.45, 2.75) is 0 Å². The maximum absolute atomic E-state index is 3.64. The van der Waals surface area contributed by atoms with Gasteiger partial charge in [0.1, 0.15) is 0 Å². The summed E-state index contributed by atoms with van der Waals surface area (Å²) in [6, 6.07) is 31.9. The Labute approximate surface area is 155 Å². The van der Waals surface area contributed by atoms with Gasteiger partial charge in [-0.25, -0.2) is 0 Å². The lowest BCUT2D eigenvalue weighted by Gasteiger charge is -2.04. The van der Waals surface area contributed by atoms with E-state index in [2.05, 4.69) is 119 Å². The Balaban J connectivity index is 1.91. The van der Waals surface area contributed by atoms with Gasteiger partial charge in [-0.05, 0) is 57.5 Å². The number of aromatic amines is 1. The van der Waals surface area contributed by atoms with Gasteiger partial charge in [0.2, 0.25) is 0 Å². The minimum atomic E-state index is 1.14. The highest BCUT2D eigenvalue weighted by molar-refractivity contribution is 14.1. The van der Waals surface area contributed by atoms with Crippen LogP contribution in [0.4, 0.5) is 0 Å². The highest BCUT2D eigenvalue weighted by atomic mass is 127. The van der Waals surface area contributed by atoms with E-state index < -0.39 is 0 Å². The smallest absolute Gasteiger partial charge is 0.0538 e. The van der Waals surface area contributed by atoms with E-state index in [1.54, 1.807) is 0 Å². The predicted molar refractivity (Wildman–Crippen MR) is 110 cm³/mol. The number of hydrogen-bond donors (Lipinski definition) is 1. The van der Waals surface area contributed by atoms with Gasteiger partial charge in [-0.1, -0.05) is 72.8 Å². The summed E-state index contributed by atoms with van der Waals surface area (Å²) in [7, 11) is 0. The first-order chi connectivity index (χ1) is 11.8. The van der Waals surface area contributed by atoms with Crippen LogP contribution in [0.5, 0.6) is 0 Å². The average molecular weight is 421 g/mol. The summed E-state index contributed by atoms with van der Waals surface area (Å²) in [6.45, 7) is 0. The van der Waals surface area contributed by atoms with Gasteiger partial charge in [-0.2, -0.15) is 0 Å². The highest BCUT2D eigenvalue weighted by Gasteiger charge is 2.13. The minimum absolute atomic E-state index is 1.14. The maximum Gasteiger partial charge on any atom is 0.0538 e. The van der Waals surface area contributed by atoms with Gasteiger partial charge in [-0.3, -0.25) is 0 Å². The summed E-state index contributed by atoms with van der Waals surface area (Å²) < 4.78 is 1.24. The van der Waals surface area contributed by atoms with Crippen LogP contribution in [-0.4, -0.2) is 4.98 Å². The van der Waals surface area contributed by atoms with E-state index in [9.17, 15) is 0 Å². The van der Waals surface area contributed by atoms with Crippen molar-refractivity contribution in [3.05, 3.63) is 94.6 Å². The van der Waals surface area contributed by atoms with Crippen LogP contribution in [0.25, 0.3) is 33.6 Å². The fourth-order valence-corrected chi connectivity index (χ4v) is 3.49. The summed E-state index contributed by atoms with van der Waals surface area (Å²) in [5, 5.41) is 0. The van der Waals surface area contributed by atoms with Crippen molar-refractivity contribution in [3.8, 4) is 33.6 Å². The van der Waals surface area contributed by atoms with Gasteiger partial charge in [0, 0.05) is 14.8 Å². The molecule has 1 nitrogen and oxygen atoms in total. The third kappa shape index (κ3) is 3.02. The quantitative estimate of drug-likeness (QED) is 0.358. The fraction of sp³-hybridized carbons (Fsp3) is 0. The monoisotopic (exact) mass is 421 g/mol. The molecule has 1 heterocycles. The maximum atomic E-state index is 3.64. The first-order valence-electron chi connectivity index (χ1n) is 7.91. The van der Waals surface area contributed by atoms with Gasteiger partial charge < -0.3 is 4.98 Å². The molecule has 0 saturated carbocycles. The van der Waals surface area contributed by atoms with Crippen LogP contribution in [0.1, 0.15) is 0 Å². The minimum Gasteiger partial charge on any atom is -0.354 e. The molecular formula is C22H16IN. The summed E-state index contributed by atoms with van der Waals surface area (Å²) >= 11 is 2.36. The van der Waals surface area contributed by atoms with Crippen LogP contribution in [0.3, 0.4) is 0 Å². The van der Waals surface area contributed by atoms with Crippen molar-refractivity contribution in [3.63, 3.8) is 0 Å². The second kappa shape index (κ2) is 6.65. The van der Waals surface area contributed by atoms with E-state index in [-0.39, 0.29) is 0 Å². The molecular weight excluding hydrogens is 405 g/mol. The number of hydrogen-bond acceptors (Lipinski definition) is 0. The number of benzene rings is 3. The van der Waals surface area contributed by atoms with Crippen LogP contribution in [-0.2, 0) is 0 Å². The van der Waals surface area contributed by atoms with Crippen molar-refractivity contribution >= 4 is 22.6 Å². The van der Waals surface area contributed by atoms with Crippen molar-refractivity contribution in [2.75, 3.05) is 0 Å². The third-order valence-electron chi connectivity index (χ3n) is 4.10. The number of H-pyrrole nitrogens is 1. The molecule has 0 atom stereocenters. The number of halogens is 1. The SMILES string of the molecule is Ic1cccc(-c2cc(-c3ccccc3)c(-c3ccccc3)[nH]2)c1. The molecule has 1 aromatic heterocycles. The van der Waals surface area contributed by atoms with E-state index in [4.69, 9.17) is 0 Å². The Morgan fingerprint density at radius 1 is 0.583 bits per heavy atom. The average Bonchev–Trinajstić information content (AvgIpc) is 3.09. The molecule has 116 valence electrons. The van der Waals surface area contributed by atoms with Crippen molar-refractivity contribution in [2.24, 2.45) is 0 Å². The molecule has 0 aliphatic rings. The van der Waals surface area contributed by atoms with Crippen LogP contribution in [0.15, 0.2) is 91.0 Å². The number of aromatic nitrogens is 1. The Hall–Kier alpha value is -2.33. The van der Waals surface area contributed by atoms with E-state index in [1.807, 2.05) is 0 Å². The van der Waals surface area contributed by atoms with Gasteiger partial charge in [0.25, 0.3) is 0 Å². The zero-order chi connectivity index (χ0) is 16.4. The predicted octanol–water partition coefficient (Wildman–Crippen LogP) is 6.62. The van der Waals surface area contributed by atoms with Crippen molar-refractivity contribution < 1.29 is 0 Å². The molecule has 24 heavy (non-hydrogen) atoms. The Bertz CT molecular complexity index is 899. The molecule has 0 radical (unpaired) electrons. The lowest BCUT2D eigenvalue weighted by Crippen LogP contribution is -1.82. The Morgan fingerprint density at radius 2 is 1.21 bits per heavy atom. The molecule has 0 spiro atoms. The second-order valence-corrected chi connectivity index (χ2v) is 6.96. The lowest BCUT2D eigenvalue weighted by molar-refractivity contribution is 1.39. The van der Waals surface area contributed by atoms with Crippen LogP contribution < -0.4 is 0 Å². The molecule has 4 aromatic rings. The van der Waals surface area contributed by atoms with Gasteiger partial charge in [-0.15, -0.1) is 0 Å². The summed E-state index contributed by atoms with van der Waals surface area (Å²) in [5.41, 5.74) is 7.18. The molecule has 2 heteroatoms. The van der Waals surface area contributed by atoms with E-state index in [1.165, 1.54) is 25.8 Å². The van der Waals surface area contributed by atoms with E-state index >= 15 is 0 Å². The molecule has 1 N–H and O–H groups in total. The molecule has 0 bridgehead atoms. The van der Waals surface area contributed by atoms with Gasteiger partial charge in [0.05, 0.1) is 5.69 Å². The molecule has 0 aliphatic carbocycles. The first kappa shape index (κ1) is 15.2. The van der Waals surface area contributed by atoms with Gasteiger partial charge in [0.15, 0.2) is 0 Å². The topological polar surface area (TPSA) is 15.8 Å². The summed E-state index contributed by atoms with van der Waals surface area (Å²) in [5.74, 6) is 0. The molecule has 0 aliphatic heterocycles. The number of rotatable bonds is 3.